The Hall–Kier alpha value is -3.97. The van der Waals surface area contributed by atoms with Crippen LogP contribution in [-0.2, 0) is 0 Å². The highest BCUT2D eigenvalue weighted by Crippen LogP contribution is 2.53. The quantitative estimate of drug-likeness (QED) is 0.437. The first-order chi connectivity index (χ1) is 16.0. The second kappa shape index (κ2) is 7.02. The number of nitrogens with one attached hydrogen (secondary N) is 2. The Morgan fingerprint density at radius 2 is 2.15 bits per heavy atom. The summed E-state index contributed by atoms with van der Waals surface area (Å²) in [6, 6.07) is 6.71. The molecule has 0 amide bonds. The van der Waals surface area contributed by atoms with Crippen LogP contribution in [0.3, 0.4) is 0 Å². The second-order valence-electron chi connectivity index (χ2n) is 8.78. The van der Waals surface area contributed by atoms with Gasteiger partial charge >= 0.3 is 6.01 Å². The molecule has 1 atom stereocenters. The molecule has 1 saturated heterocycles. The molecule has 1 aliphatic carbocycles. The number of anilines is 2. The van der Waals surface area contributed by atoms with E-state index in [1.54, 1.807) is 13.1 Å². The Morgan fingerprint density at radius 3 is 2.88 bits per heavy atom. The number of hydrogen-bond donors (Lipinski definition) is 3. The maximum absolute atomic E-state index is 14.4. The van der Waals surface area contributed by atoms with Crippen LogP contribution in [0.25, 0.3) is 21.9 Å². The van der Waals surface area contributed by atoms with Gasteiger partial charge in [-0.25, -0.2) is 4.39 Å². The van der Waals surface area contributed by atoms with Crippen molar-refractivity contribution in [1.29, 1.82) is 5.26 Å². The predicted octanol–water partition coefficient (Wildman–Crippen LogP) is 3.28. The minimum Gasteiger partial charge on any atom is -0.422 e. The topological polar surface area (TPSA) is 129 Å². The molecule has 6 rings (SSSR count). The van der Waals surface area contributed by atoms with Crippen molar-refractivity contribution in [3.05, 3.63) is 42.0 Å². The molecule has 4 aromatic rings. The zero-order valence-electron chi connectivity index (χ0n) is 17.9. The Bertz CT molecular complexity index is 1450. The van der Waals surface area contributed by atoms with Gasteiger partial charge in [0.1, 0.15) is 23.4 Å². The number of halogens is 1. The van der Waals surface area contributed by atoms with Crippen LogP contribution < -0.4 is 20.7 Å². The van der Waals surface area contributed by atoms with Crippen molar-refractivity contribution in [2.24, 2.45) is 11.1 Å². The monoisotopic (exact) mass is 444 g/mol. The van der Waals surface area contributed by atoms with Gasteiger partial charge in [-0.05, 0) is 25.0 Å². The summed E-state index contributed by atoms with van der Waals surface area (Å²) in [7, 11) is 1.74. The van der Waals surface area contributed by atoms with E-state index in [4.69, 9.17) is 20.7 Å². The Balaban J connectivity index is 1.54. The molecule has 3 aromatic heterocycles. The standard InChI is InChI=1S/C23H21FN8O/c1-27-16-6-13(24)5-15-18-20(29-19(15)16)30-22(33-14-4-12(7-25)8-28-9-14)31-21(18)32-10-17(26)23(11-32)2-3-23/h4-6,8-9,17,27H,2-3,10-11,26H2,1H3,(H,29,30,31). The lowest BCUT2D eigenvalue weighted by Crippen LogP contribution is -2.30. The average molecular weight is 444 g/mol. The van der Waals surface area contributed by atoms with Gasteiger partial charge in [0.2, 0.25) is 0 Å². The molecule has 2 fully saturated rings. The van der Waals surface area contributed by atoms with Crippen molar-refractivity contribution in [1.82, 2.24) is 19.9 Å². The zero-order chi connectivity index (χ0) is 22.7. The normalized spacial score (nSPS) is 18.7. The molecule has 1 saturated carbocycles. The highest BCUT2D eigenvalue weighted by atomic mass is 19.1. The summed E-state index contributed by atoms with van der Waals surface area (Å²) in [5.41, 5.74) is 8.85. The third kappa shape index (κ3) is 3.12. The van der Waals surface area contributed by atoms with Crippen molar-refractivity contribution >= 4 is 33.4 Å². The van der Waals surface area contributed by atoms with Crippen LogP contribution in [-0.4, -0.2) is 46.1 Å². The summed E-state index contributed by atoms with van der Waals surface area (Å²) in [6.07, 6.45) is 5.15. The number of aromatic nitrogens is 4. The summed E-state index contributed by atoms with van der Waals surface area (Å²) in [6.45, 7) is 1.43. The maximum Gasteiger partial charge on any atom is 0.326 e. The van der Waals surface area contributed by atoms with Crippen LogP contribution in [0.4, 0.5) is 15.9 Å². The van der Waals surface area contributed by atoms with Gasteiger partial charge in [0, 0.05) is 49.2 Å². The van der Waals surface area contributed by atoms with Crippen molar-refractivity contribution in [3.8, 4) is 17.8 Å². The molecule has 1 unspecified atom stereocenters. The number of nitrogens with zero attached hydrogens (tertiary/aromatic N) is 5. The third-order valence-electron chi connectivity index (χ3n) is 6.71. The van der Waals surface area contributed by atoms with E-state index < -0.39 is 0 Å². The number of pyridine rings is 1. The summed E-state index contributed by atoms with van der Waals surface area (Å²) < 4.78 is 20.3. The van der Waals surface area contributed by atoms with Crippen LogP contribution >= 0.6 is 0 Å². The van der Waals surface area contributed by atoms with Gasteiger partial charge in [0.05, 0.1) is 28.4 Å². The highest BCUT2D eigenvalue weighted by molar-refractivity contribution is 6.14. The number of H-pyrrole nitrogens is 1. The number of nitrogens with two attached hydrogens (primary N) is 1. The van der Waals surface area contributed by atoms with Gasteiger partial charge in [-0.1, -0.05) is 0 Å². The van der Waals surface area contributed by atoms with E-state index in [-0.39, 0.29) is 23.3 Å². The van der Waals surface area contributed by atoms with Crippen LogP contribution in [0.5, 0.6) is 11.8 Å². The number of ether oxygens (including phenoxy) is 1. The van der Waals surface area contributed by atoms with Crippen LogP contribution in [0, 0.1) is 22.6 Å². The first-order valence-electron chi connectivity index (χ1n) is 10.7. The molecule has 4 heterocycles. The van der Waals surface area contributed by atoms with Crippen molar-refractivity contribution < 1.29 is 9.13 Å². The van der Waals surface area contributed by atoms with Gasteiger partial charge in [-0.3, -0.25) is 4.98 Å². The Morgan fingerprint density at radius 1 is 1.30 bits per heavy atom. The lowest BCUT2D eigenvalue weighted by atomic mass is 10.0. The Kier molecular flexibility index (Phi) is 4.19. The number of fused-ring (bicyclic) bond motifs is 3. The van der Waals surface area contributed by atoms with Crippen molar-refractivity contribution in [2.45, 2.75) is 18.9 Å². The number of rotatable bonds is 4. The largest absolute Gasteiger partial charge is 0.422 e. The fraction of sp³-hybridized carbons (Fsp3) is 0.304. The van der Waals surface area contributed by atoms with E-state index >= 15 is 0 Å². The molecule has 166 valence electrons. The van der Waals surface area contributed by atoms with Gasteiger partial charge in [0.15, 0.2) is 5.75 Å². The molecule has 9 nitrogen and oxygen atoms in total. The smallest absolute Gasteiger partial charge is 0.326 e. The van der Waals surface area contributed by atoms with Gasteiger partial charge in [0.25, 0.3) is 0 Å². The number of benzene rings is 1. The summed E-state index contributed by atoms with van der Waals surface area (Å²) in [5.74, 6) is 0.655. The van der Waals surface area contributed by atoms with Crippen LogP contribution in [0.2, 0.25) is 0 Å². The molecule has 4 N–H and O–H groups in total. The zero-order valence-corrected chi connectivity index (χ0v) is 17.9. The lowest BCUT2D eigenvalue weighted by molar-refractivity contribution is 0.442. The number of hydrogen-bond acceptors (Lipinski definition) is 8. The molecule has 0 bridgehead atoms. The average Bonchev–Trinajstić information content (AvgIpc) is 3.40. The first kappa shape index (κ1) is 19.7. The lowest BCUT2D eigenvalue weighted by Gasteiger charge is -2.19. The summed E-state index contributed by atoms with van der Waals surface area (Å²) in [4.78, 5) is 18.8. The van der Waals surface area contributed by atoms with Gasteiger partial charge < -0.3 is 25.7 Å². The second-order valence-corrected chi connectivity index (χ2v) is 8.78. The molecule has 1 spiro atoms. The van der Waals surface area contributed by atoms with E-state index in [1.807, 2.05) is 6.07 Å². The SMILES string of the molecule is CNc1cc(F)cc2c1[nH]c1nc(Oc3cncc(C#N)c3)nc(N3CC(N)C4(CC4)C3)c12. The van der Waals surface area contributed by atoms with Crippen molar-refractivity contribution in [3.63, 3.8) is 0 Å². The molecule has 1 aliphatic heterocycles. The van der Waals surface area contributed by atoms with E-state index in [9.17, 15) is 4.39 Å². The number of aromatic amines is 1. The fourth-order valence-electron chi connectivity index (χ4n) is 4.78. The molecule has 10 heteroatoms. The van der Waals surface area contributed by atoms with Crippen molar-refractivity contribution in [2.75, 3.05) is 30.4 Å². The fourth-order valence-corrected chi connectivity index (χ4v) is 4.78. The van der Waals surface area contributed by atoms with E-state index in [0.29, 0.717) is 40.4 Å². The van der Waals surface area contributed by atoms with Gasteiger partial charge in [-0.2, -0.15) is 15.2 Å². The van der Waals surface area contributed by atoms with E-state index in [2.05, 4.69) is 25.2 Å². The van der Waals surface area contributed by atoms with Gasteiger partial charge in [-0.15, -0.1) is 0 Å². The van der Waals surface area contributed by atoms with Crippen LogP contribution in [0.1, 0.15) is 18.4 Å². The molecule has 0 radical (unpaired) electrons. The molecule has 2 aliphatic rings. The molecule has 1 aromatic carbocycles. The molecular weight excluding hydrogens is 423 g/mol. The van der Waals surface area contributed by atoms with Crippen LogP contribution in [0.15, 0.2) is 30.6 Å². The van der Waals surface area contributed by atoms with E-state index in [0.717, 1.165) is 30.3 Å². The predicted molar refractivity (Wildman–Crippen MR) is 122 cm³/mol. The Labute approximate surface area is 188 Å². The minimum atomic E-state index is -0.352. The highest BCUT2D eigenvalue weighted by Gasteiger charge is 2.54. The minimum absolute atomic E-state index is 0.0539. The maximum atomic E-state index is 14.4. The third-order valence-corrected chi connectivity index (χ3v) is 6.71. The summed E-state index contributed by atoms with van der Waals surface area (Å²) in [5, 5.41) is 13.6. The number of nitriles is 1. The first-order valence-corrected chi connectivity index (χ1v) is 10.7. The molecule has 33 heavy (non-hydrogen) atoms. The summed E-state index contributed by atoms with van der Waals surface area (Å²) >= 11 is 0. The van der Waals surface area contributed by atoms with E-state index in [1.165, 1.54) is 24.5 Å². The molecular formula is C23H21FN8O.